The highest BCUT2D eigenvalue weighted by atomic mass is 19.1. The van der Waals surface area contributed by atoms with E-state index in [0.29, 0.717) is 19.6 Å². The van der Waals surface area contributed by atoms with Gasteiger partial charge in [0, 0.05) is 38.8 Å². The van der Waals surface area contributed by atoms with Crippen LogP contribution in [0.3, 0.4) is 0 Å². The second kappa shape index (κ2) is 7.17. The first-order valence-corrected chi connectivity index (χ1v) is 6.75. The van der Waals surface area contributed by atoms with E-state index in [1.807, 2.05) is 0 Å². The highest BCUT2D eigenvalue weighted by Gasteiger charge is 2.18. The van der Waals surface area contributed by atoms with Crippen molar-refractivity contribution in [1.82, 2.24) is 9.80 Å². The van der Waals surface area contributed by atoms with Gasteiger partial charge in [0.15, 0.2) is 0 Å². The summed E-state index contributed by atoms with van der Waals surface area (Å²) in [4.78, 5) is 15.9. The van der Waals surface area contributed by atoms with Gasteiger partial charge in [0.05, 0.1) is 6.61 Å². The third kappa shape index (κ3) is 4.15. The van der Waals surface area contributed by atoms with Gasteiger partial charge in [-0.15, -0.1) is 0 Å². The molecule has 0 bridgehead atoms. The lowest BCUT2D eigenvalue weighted by molar-refractivity contribution is -0.127. The zero-order chi connectivity index (χ0) is 14.4. The maximum absolute atomic E-state index is 12.8. The molecule has 0 unspecified atom stereocenters. The van der Waals surface area contributed by atoms with Crippen molar-refractivity contribution in [3.63, 3.8) is 0 Å². The molecule has 0 aliphatic carbocycles. The minimum atomic E-state index is -0.284. The van der Waals surface area contributed by atoms with Crippen LogP contribution in [0.4, 0.5) is 4.39 Å². The van der Waals surface area contributed by atoms with Crippen molar-refractivity contribution in [2.24, 2.45) is 0 Å². The van der Waals surface area contributed by atoms with Crippen LogP contribution in [0.1, 0.15) is 5.56 Å². The monoisotopic (exact) mass is 278 g/mol. The van der Waals surface area contributed by atoms with Crippen LogP contribution in [0, 0.1) is 5.82 Å². The molecule has 1 heterocycles. The van der Waals surface area contributed by atoms with E-state index in [4.69, 9.17) is 5.11 Å². The van der Waals surface area contributed by atoms with Crippen LogP contribution in [0.15, 0.2) is 30.3 Å². The highest BCUT2D eigenvalue weighted by molar-refractivity contribution is 5.91. The molecule has 5 heteroatoms. The number of aliphatic hydroxyl groups is 1. The number of piperazine rings is 1. The molecular weight excluding hydrogens is 259 g/mol. The van der Waals surface area contributed by atoms with Crippen molar-refractivity contribution in [3.05, 3.63) is 41.7 Å². The summed E-state index contributed by atoms with van der Waals surface area (Å²) in [7, 11) is 0. The average molecular weight is 278 g/mol. The summed E-state index contributed by atoms with van der Waals surface area (Å²) in [6.45, 7) is 3.73. The molecule has 2 rings (SSSR count). The fourth-order valence-corrected chi connectivity index (χ4v) is 2.18. The van der Waals surface area contributed by atoms with Gasteiger partial charge in [-0.2, -0.15) is 0 Å². The van der Waals surface area contributed by atoms with Crippen molar-refractivity contribution in [2.45, 2.75) is 0 Å². The zero-order valence-electron chi connectivity index (χ0n) is 11.3. The largest absolute Gasteiger partial charge is 0.395 e. The third-order valence-corrected chi connectivity index (χ3v) is 3.39. The van der Waals surface area contributed by atoms with E-state index < -0.39 is 0 Å². The van der Waals surface area contributed by atoms with Crippen molar-refractivity contribution < 1.29 is 14.3 Å². The van der Waals surface area contributed by atoms with Gasteiger partial charge in [0.1, 0.15) is 5.82 Å². The van der Waals surface area contributed by atoms with Gasteiger partial charge in [-0.3, -0.25) is 9.69 Å². The first-order chi connectivity index (χ1) is 9.69. The van der Waals surface area contributed by atoms with E-state index in [1.165, 1.54) is 18.2 Å². The summed E-state index contributed by atoms with van der Waals surface area (Å²) >= 11 is 0. The van der Waals surface area contributed by atoms with Crippen molar-refractivity contribution in [3.8, 4) is 0 Å². The lowest BCUT2D eigenvalue weighted by Gasteiger charge is -2.33. The normalized spacial score (nSPS) is 16.8. The van der Waals surface area contributed by atoms with Crippen LogP contribution in [0.25, 0.3) is 6.08 Å². The molecule has 0 radical (unpaired) electrons. The summed E-state index contributed by atoms with van der Waals surface area (Å²) in [6.07, 6.45) is 3.22. The topological polar surface area (TPSA) is 43.8 Å². The molecule has 1 aromatic carbocycles. The van der Waals surface area contributed by atoms with Crippen molar-refractivity contribution >= 4 is 12.0 Å². The molecule has 0 atom stereocenters. The number of β-amino-alcohol motifs (C(OH)–C–C–N with tert-alkyl or cyclic N) is 1. The molecule has 1 saturated heterocycles. The Balaban J connectivity index is 1.85. The maximum Gasteiger partial charge on any atom is 0.246 e. The van der Waals surface area contributed by atoms with E-state index in [0.717, 1.165) is 18.7 Å². The first-order valence-electron chi connectivity index (χ1n) is 6.75. The van der Waals surface area contributed by atoms with Gasteiger partial charge in [0.2, 0.25) is 5.91 Å². The second-order valence-electron chi connectivity index (χ2n) is 4.78. The average Bonchev–Trinajstić information content (AvgIpc) is 2.47. The van der Waals surface area contributed by atoms with E-state index in [1.54, 1.807) is 23.1 Å². The number of carbonyl (C=O) groups excluding carboxylic acids is 1. The Kier molecular flexibility index (Phi) is 5.26. The molecule has 108 valence electrons. The molecule has 0 saturated carbocycles. The van der Waals surface area contributed by atoms with Gasteiger partial charge in [-0.25, -0.2) is 4.39 Å². The Labute approximate surface area is 118 Å². The fraction of sp³-hybridized carbons (Fsp3) is 0.400. The Hall–Kier alpha value is -1.72. The van der Waals surface area contributed by atoms with Crippen molar-refractivity contribution in [2.75, 3.05) is 39.3 Å². The van der Waals surface area contributed by atoms with Gasteiger partial charge in [-0.1, -0.05) is 12.1 Å². The zero-order valence-corrected chi connectivity index (χ0v) is 11.3. The SMILES string of the molecule is O=C(/C=C/c1ccc(F)cc1)N1CCN(CCO)CC1. The van der Waals surface area contributed by atoms with Crippen LogP contribution in [-0.4, -0.2) is 60.1 Å². The van der Waals surface area contributed by atoms with Gasteiger partial charge >= 0.3 is 0 Å². The minimum absolute atomic E-state index is 0.0297. The van der Waals surface area contributed by atoms with Crippen molar-refractivity contribution in [1.29, 1.82) is 0 Å². The van der Waals surface area contributed by atoms with Crippen LogP contribution >= 0.6 is 0 Å². The second-order valence-corrected chi connectivity index (χ2v) is 4.78. The quantitative estimate of drug-likeness (QED) is 0.835. The number of nitrogens with zero attached hydrogens (tertiary/aromatic N) is 2. The summed E-state index contributed by atoms with van der Waals surface area (Å²) < 4.78 is 12.8. The summed E-state index contributed by atoms with van der Waals surface area (Å²) in [5.74, 6) is -0.313. The molecular formula is C15H19FN2O2. The lowest BCUT2D eigenvalue weighted by atomic mass is 10.2. The van der Waals surface area contributed by atoms with E-state index in [-0.39, 0.29) is 18.3 Å². The standard InChI is InChI=1S/C15H19FN2O2/c16-14-4-1-13(2-5-14)3-6-15(20)18-9-7-17(8-10-18)11-12-19/h1-6,19H,7-12H2/b6-3+. The number of carbonyl (C=O) groups is 1. The van der Waals surface area contributed by atoms with Crippen LogP contribution in [0.5, 0.6) is 0 Å². The van der Waals surface area contributed by atoms with Crippen LogP contribution < -0.4 is 0 Å². The number of aliphatic hydroxyl groups excluding tert-OH is 1. The molecule has 20 heavy (non-hydrogen) atoms. The molecule has 1 aromatic rings. The predicted molar refractivity (Wildman–Crippen MR) is 75.5 cm³/mol. The first kappa shape index (κ1) is 14.7. The minimum Gasteiger partial charge on any atom is -0.395 e. The molecule has 4 nitrogen and oxygen atoms in total. The van der Waals surface area contributed by atoms with E-state index in [9.17, 15) is 9.18 Å². The maximum atomic E-state index is 12.8. The summed E-state index contributed by atoms with van der Waals surface area (Å²) in [5, 5.41) is 8.86. The molecule has 0 aromatic heterocycles. The number of hydrogen-bond acceptors (Lipinski definition) is 3. The molecule has 1 fully saturated rings. The smallest absolute Gasteiger partial charge is 0.246 e. The number of amides is 1. The Morgan fingerprint density at radius 3 is 2.45 bits per heavy atom. The number of rotatable bonds is 4. The molecule has 1 aliphatic rings. The van der Waals surface area contributed by atoms with E-state index in [2.05, 4.69) is 4.90 Å². The highest BCUT2D eigenvalue weighted by Crippen LogP contribution is 2.07. The summed E-state index contributed by atoms with van der Waals surface area (Å²) in [5.41, 5.74) is 0.804. The number of hydrogen-bond donors (Lipinski definition) is 1. The Bertz CT molecular complexity index is 465. The Morgan fingerprint density at radius 2 is 1.85 bits per heavy atom. The van der Waals surface area contributed by atoms with Gasteiger partial charge in [0.25, 0.3) is 0 Å². The molecule has 1 N–H and O–H groups in total. The number of benzene rings is 1. The molecule has 0 spiro atoms. The summed E-state index contributed by atoms with van der Waals surface area (Å²) in [6, 6.07) is 6.02. The molecule has 1 amide bonds. The van der Waals surface area contributed by atoms with Crippen LogP contribution in [-0.2, 0) is 4.79 Å². The van der Waals surface area contributed by atoms with Gasteiger partial charge in [-0.05, 0) is 23.8 Å². The van der Waals surface area contributed by atoms with Gasteiger partial charge < -0.3 is 10.0 Å². The van der Waals surface area contributed by atoms with Crippen LogP contribution in [0.2, 0.25) is 0 Å². The lowest BCUT2D eigenvalue weighted by Crippen LogP contribution is -2.48. The Morgan fingerprint density at radius 1 is 1.20 bits per heavy atom. The third-order valence-electron chi connectivity index (χ3n) is 3.39. The fourth-order valence-electron chi connectivity index (χ4n) is 2.18. The van der Waals surface area contributed by atoms with E-state index >= 15 is 0 Å². The predicted octanol–water partition coefficient (Wildman–Crippen LogP) is 0.975. The molecule has 1 aliphatic heterocycles. The number of halogens is 1.